The lowest BCUT2D eigenvalue weighted by atomic mass is 9.13. The molecular formula is C76H106B2N2P2. The van der Waals surface area contributed by atoms with Crippen molar-refractivity contribution in [3.8, 4) is 0 Å². The molecule has 0 heterocycles. The highest BCUT2D eigenvalue weighted by Crippen LogP contribution is 2.45. The van der Waals surface area contributed by atoms with Gasteiger partial charge in [0.15, 0.2) is 0 Å². The van der Waals surface area contributed by atoms with E-state index in [1.807, 2.05) is 0 Å². The van der Waals surface area contributed by atoms with Gasteiger partial charge in [0.05, 0.1) is 52.4 Å². The minimum absolute atomic E-state index is 0.234. The topological polar surface area (TPSA) is 0 Å². The summed E-state index contributed by atoms with van der Waals surface area (Å²) in [7, 11) is -0.468. The highest BCUT2D eigenvalue weighted by Gasteiger charge is 2.34. The lowest BCUT2D eigenvalue weighted by Crippen LogP contribution is -2.75. The third kappa shape index (κ3) is 16.1. The highest BCUT2D eigenvalue weighted by molar-refractivity contribution is 7.67. The van der Waals surface area contributed by atoms with Gasteiger partial charge in [0.25, 0.3) is 0 Å². The van der Waals surface area contributed by atoms with Crippen LogP contribution in [-0.4, -0.2) is 96.3 Å². The molecule has 0 N–H and O–H groups in total. The van der Waals surface area contributed by atoms with Gasteiger partial charge in [0.2, 0.25) is 0 Å². The van der Waals surface area contributed by atoms with Crippen molar-refractivity contribution in [2.45, 2.75) is 133 Å². The first-order valence-electron chi connectivity index (χ1n) is 31.7. The van der Waals surface area contributed by atoms with Gasteiger partial charge < -0.3 is 8.97 Å². The van der Waals surface area contributed by atoms with Crippen LogP contribution in [0, 0.1) is 0 Å². The van der Waals surface area contributed by atoms with Crippen molar-refractivity contribution in [2.75, 3.05) is 52.4 Å². The number of hydrogen-bond donors (Lipinski definition) is 0. The van der Waals surface area contributed by atoms with Crippen LogP contribution >= 0.6 is 15.8 Å². The van der Waals surface area contributed by atoms with E-state index in [4.69, 9.17) is 0 Å². The highest BCUT2D eigenvalue weighted by atomic mass is 31.1. The standard InChI is InChI=1S/2C30H33BP.2C8H20N/c2*1-24(2)32(25(3)4)30-22-14-21-29(23-30)31(26-15-8-5-9-16-26,27-17-10-6-11-18-27)28-19-12-7-13-20-28;2*1-5-9(6-2,7-3)8-4/h2*5-25H,1-4H3;2*5-8H2,1-4H3/q2*-1;2*+1. The van der Waals surface area contributed by atoms with Crippen LogP contribution < -0.4 is 54.3 Å². The van der Waals surface area contributed by atoms with Crippen molar-refractivity contribution in [1.29, 1.82) is 0 Å². The molecule has 436 valence electrons. The van der Waals surface area contributed by atoms with Gasteiger partial charge in [-0.15, -0.1) is 0 Å². The van der Waals surface area contributed by atoms with Gasteiger partial charge in [-0.1, -0.05) is 302 Å². The molecule has 0 radical (unpaired) electrons. The van der Waals surface area contributed by atoms with Crippen molar-refractivity contribution >= 4 is 82.4 Å². The molecule has 0 unspecified atom stereocenters. The third-order valence-electron chi connectivity index (χ3n) is 18.7. The summed E-state index contributed by atoms with van der Waals surface area (Å²) in [5, 5.41) is 3.02. The molecule has 0 aliphatic heterocycles. The molecule has 0 aliphatic carbocycles. The normalized spacial score (nSPS) is 12.0. The lowest BCUT2D eigenvalue weighted by molar-refractivity contribution is -0.921. The summed E-state index contributed by atoms with van der Waals surface area (Å²) in [5.74, 6) is 0. The maximum absolute atomic E-state index is 2.53. The van der Waals surface area contributed by atoms with E-state index in [0.29, 0.717) is 22.6 Å². The molecule has 0 bridgehead atoms. The summed E-state index contributed by atoms with van der Waals surface area (Å²) in [6.45, 7) is 47.5. The smallest absolute Gasteiger partial charge is 0.108 e. The lowest BCUT2D eigenvalue weighted by Gasteiger charge is -2.45. The predicted octanol–water partition coefficient (Wildman–Crippen LogP) is 13.7. The second-order valence-electron chi connectivity index (χ2n) is 23.8. The summed E-state index contributed by atoms with van der Waals surface area (Å²) < 4.78 is 2.56. The predicted molar refractivity (Wildman–Crippen MR) is 379 cm³/mol. The van der Waals surface area contributed by atoms with Crippen molar-refractivity contribution in [1.82, 2.24) is 0 Å². The Balaban J connectivity index is 0.000000232. The number of nitrogens with zero attached hydrogens (tertiary/aromatic N) is 2. The molecule has 0 saturated heterocycles. The zero-order valence-electron chi connectivity index (χ0n) is 53.8. The Morgan fingerprint density at radius 3 is 0.561 bits per heavy atom. The van der Waals surface area contributed by atoms with Crippen molar-refractivity contribution < 1.29 is 8.97 Å². The molecule has 82 heavy (non-hydrogen) atoms. The number of benzene rings is 8. The van der Waals surface area contributed by atoms with Crippen LogP contribution in [-0.2, 0) is 0 Å². The maximum Gasteiger partial charge on any atom is 0.108 e. The van der Waals surface area contributed by atoms with Gasteiger partial charge >= 0.3 is 0 Å². The van der Waals surface area contributed by atoms with Gasteiger partial charge in [0, 0.05) is 0 Å². The fraction of sp³-hybridized carbons (Fsp3) is 0.368. The average Bonchev–Trinajstić information content (AvgIpc) is 3.68. The quantitative estimate of drug-likeness (QED) is 0.0360. The Labute approximate surface area is 504 Å². The van der Waals surface area contributed by atoms with Gasteiger partial charge in [-0.2, -0.15) is 43.7 Å². The van der Waals surface area contributed by atoms with E-state index in [1.165, 1.54) is 116 Å². The first-order chi connectivity index (χ1) is 39.6. The molecular weight excluding hydrogens is 1020 g/mol. The second-order valence-corrected chi connectivity index (χ2v) is 30.6. The molecule has 0 aliphatic rings. The Hall–Kier alpha value is -5.33. The van der Waals surface area contributed by atoms with Crippen LogP contribution in [0.25, 0.3) is 0 Å². The molecule has 6 heteroatoms. The minimum Gasteiger partial charge on any atom is -0.325 e. The van der Waals surface area contributed by atoms with Crippen LogP contribution in [0.5, 0.6) is 0 Å². The van der Waals surface area contributed by atoms with Crippen LogP contribution in [0.4, 0.5) is 0 Å². The van der Waals surface area contributed by atoms with E-state index in [9.17, 15) is 0 Å². The number of rotatable bonds is 22. The first kappa shape index (κ1) is 67.5. The van der Waals surface area contributed by atoms with Crippen LogP contribution in [0.2, 0.25) is 0 Å². The van der Waals surface area contributed by atoms with Gasteiger partial charge in [-0.05, 0) is 88.6 Å². The minimum atomic E-state index is -1.30. The van der Waals surface area contributed by atoms with Crippen LogP contribution in [0.1, 0.15) is 111 Å². The fourth-order valence-corrected chi connectivity index (χ4v) is 19.6. The van der Waals surface area contributed by atoms with E-state index in [1.54, 1.807) is 0 Å². The fourth-order valence-electron chi connectivity index (χ4n) is 13.7. The van der Waals surface area contributed by atoms with Gasteiger partial charge in [-0.25, -0.2) is 0 Å². The molecule has 0 saturated carbocycles. The zero-order valence-corrected chi connectivity index (χ0v) is 55.6. The van der Waals surface area contributed by atoms with Crippen molar-refractivity contribution in [2.24, 2.45) is 0 Å². The SMILES string of the molecule is CC(C)P(c1cccc([B-](c2ccccc2)(c2ccccc2)c2ccccc2)c1)C(C)C.CC(C)P(c1cccc([B-](c2ccccc2)(c2ccccc2)c2ccccc2)c1)C(C)C.CC[N+](CC)(CC)CC.CC[N+](CC)(CC)CC. The van der Waals surface area contributed by atoms with E-state index in [0.717, 1.165) is 0 Å². The van der Waals surface area contributed by atoms with Gasteiger partial charge in [0.1, 0.15) is 12.3 Å². The molecule has 8 aromatic rings. The third-order valence-corrected chi connectivity index (χ3v) is 24.9. The first-order valence-corrected chi connectivity index (χ1v) is 34.7. The summed E-state index contributed by atoms with van der Waals surface area (Å²) in [5.41, 5.74) is 13.6. The Morgan fingerprint density at radius 1 is 0.244 bits per heavy atom. The van der Waals surface area contributed by atoms with E-state index in [-0.39, 0.29) is 15.8 Å². The summed E-state index contributed by atoms with van der Waals surface area (Å²) >= 11 is 0. The molecule has 0 aromatic heterocycles. The molecule has 0 atom stereocenters. The summed E-state index contributed by atoms with van der Waals surface area (Å²) in [6, 6.07) is 85.6. The Bertz CT molecular complexity index is 2530. The monoisotopic (exact) mass is 1130 g/mol. The van der Waals surface area contributed by atoms with Crippen LogP contribution in [0.15, 0.2) is 231 Å². The molecule has 2 nitrogen and oxygen atoms in total. The zero-order chi connectivity index (χ0) is 59.8. The molecule has 0 amide bonds. The molecule has 0 spiro atoms. The number of quaternary nitrogens is 2. The summed E-state index contributed by atoms with van der Waals surface area (Å²) in [6.07, 6.45) is -2.60. The molecule has 8 aromatic carbocycles. The average molecular weight is 1130 g/mol. The van der Waals surface area contributed by atoms with Gasteiger partial charge in [-0.3, -0.25) is 0 Å². The van der Waals surface area contributed by atoms with E-state index < -0.39 is 12.3 Å². The largest absolute Gasteiger partial charge is 0.325 e. The van der Waals surface area contributed by atoms with Crippen molar-refractivity contribution in [3.63, 3.8) is 0 Å². The van der Waals surface area contributed by atoms with Crippen LogP contribution in [0.3, 0.4) is 0 Å². The summed E-state index contributed by atoms with van der Waals surface area (Å²) in [4.78, 5) is 0. The maximum atomic E-state index is 2.53. The molecule has 0 fully saturated rings. The van der Waals surface area contributed by atoms with Crippen molar-refractivity contribution in [3.05, 3.63) is 231 Å². The molecule has 8 rings (SSSR count). The van der Waals surface area contributed by atoms with E-state index >= 15 is 0 Å². The van der Waals surface area contributed by atoms with E-state index in [2.05, 4.69) is 341 Å². The number of hydrogen-bond acceptors (Lipinski definition) is 0. The Kier molecular flexibility index (Phi) is 27.3. The second kappa shape index (κ2) is 33.2. The Morgan fingerprint density at radius 2 is 0.415 bits per heavy atom.